The third kappa shape index (κ3) is 4.24. The number of aliphatic hydroxyl groups is 1. The maximum atomic E-state index is 13.5. The molecule has 4 nitrogen and oxygen atoms in total. The van der Waals surface area contributed by atoms with Gasteiger partial charge < -0.3 is 14.7 Å². The zero-order valence-corrected chi connectivity index (χ0v) is 16.3. The Bertz CT molecular complexity index is 943. The van der Waals surface area contributed by atoms with Crippen molar-refractivity contribution in [2.24, 2.45) is 0 Å². The minimum Gasteiger partial charge on any atom is -0.396 e. The highest BCUT2D eigenvalue weighted by Crippen LogP contribution is 2.39. The van der Waals surface area contributed by atoms with Gasteiger partial charge in [0.2, 0.25) is 0 Å². The summed E-state index contributed by atoms with van der Waals surface area (Å²) in [6.45, 7) is 0.520. The Hall–Kier alpha value is -2.95. The molecule has 0 fully saturated rings. The van der Waals surface area contributed by atoms with Crippen LogP contribution >= 0.6 is 0 Å². The van der Waals surface area contributed by atoms with E-state index in [9.17, 15) is 9.90 Å². The number of carbonyl (C=O) groups is 1. The van der Waals surface area contributed by atoms with Crippen molar-refractivity contribution in [2.45, 2.75) is 31.6 Å². The van der Waals surface area contributed by atoms with E-state index >= 15 is 0 Å². The van der Waals surface area contributed by atoms with E-state index in [2.05, 4.69) is 0 Å². The van der Waals surface area contributed by atoms with E-state index in [1.165, 1.54) is 0 Å². The van der Waals surface area contributed by atoms with Crippen molar-refractivity contribution in [3.63, 3.8) is 0 Å². The molecule has 148 valence electrons. The molecule has 0 unspecified atom stereocenters. The molecule has 0 saturated heterocycles. The fourth-order valence-electron chi connectivity index (χ4n) is 3.83. The third-order valence-corrected chi connectivity index (χ3v) is 5.26. The SMILES string of the molecule is O=C1[C@@H](CCCO)O[C@@H](c2ccccc2)c2ccccc2N1Cc1ccccc1. The van der Waals surface area contributed by atoms with E-state index in [-0.39, 0.29) is 18.6 Å². The number of benzene rings is 3. The first-order valence-corrected chi connectivity index (χ1v) is 10.0. The van der Waals surface area contributed by atoms with Crippen molar-refractivity contribution in [1.82, 2.24) is 0 Å². The maximum Gasteiger partial charge on any atom is 0.256 e. The summed E-state index contributed by atoms with van der Waals surface area (Å²) in [4.78, 5) is 15.3. The molecule has 0 saturated carbocycles. The Morgan fingerprint density at radius 2 is 1.52 bits per heavy atom. The summed E-state index contributed by atoms with van der Waals surface area (Å²) < 4.78 is 6.40. The van der Waals surface area contributed by atoms with Crippen LogP contribution in [-0.2, 0) is 16.1 Å². The molecule has 2 atom stereocenters. The minimum atomic E-state index is -0.608. The van der Waals surface area contributed by atoms with Gasteiger partial charge in [-0.25, -0.2) is 0 Å². The summed E-state index contributed by atoms with van der Waals surface area (Å²) in [6.07, 6.45) is 0.0649. The molecule has 0 bridgehead atoms. The molecule has 0 radical (unpaired) electrons. The number of carbonyl (C=O) groups excluding carboxylic acids is 1. The smallest absolute Gasteiger partial charge is 0.256 e. The number of hydrogen-bond acceptors (Lipinski definition) is 3. The van der Waals surface area contributed by atoms with Gasteiger partial charge >= 0.3 is 0 Å². The number of hydrogen-bond donors (Lipinski definition) is 1. The van der Waals surface area contributed by atoms with Crippen molar-refractivity contribution in [3.8, 4) is 0 Å². The Balaban J connectivity index is 1.79. The van der Waals surface area contributed by atoms with Crippen LogP contribution in [0.5, 0.6) is 0 Å². The van der Waals surface area contributed by atoms with Crippen molar-refractivity contribution < 1.29 is 14.6 Å². The molecule has 4 heteroatoms. The molecule has 1 aliphatic heterocycles. The van der Waals surface area contributed by atoms with Crippen LogP contribution in [0.3, 0.4) is 0 Å². The molecule has 0 aromatic heterocycles. The summed E-state index contributed by atoms with van der Waals surface area (Å²) >= 11 is 0. The number of aliphatic hydroxyl groups excluding tert-OH is 1. The van der Waals surface area contributed by atoms with Crippen LogP contribution in [0.1, 0.15) is 35.6 Å². The largest absolute Gasteiger partial charge is 0.396 e. The highest BCUT2D eigenvalue weighted by Gasteiger charge is 2.35. The summed E-state index contributed by atoms with van der Waals surface area (Å²) in [5.41, 5.74) is 3.94. The topological polar surface area (TPSA) is 49.8 Å². The van der Waals surface area contributed by atoms with Crippen LogP contribution in [0.15, 0.2) is 84.9 Å². The molecular weight excluding hydrogens is 362 g/mol. The molecule has 0 spiro atoms. The van der Waals surface area contributed by atoms with E-state index in [0.717, 1.165) is 22.4 Å². The van der Waals surface area contributed by atoms with Gasteiger partial charge in [0, 0.05) is 12.2 Å². The Labute approximate surface area is 171 Å². The predicted octanol–water partition coefficient (Wildman–Crippen LogP) is 4.48. The van der Waals surface area contributed by atoms with Crippen molar-refractivity contribution in [1.29, 1.82) is 0 Å². The van der Waals surface area contributed by atoms with Gasteiger partial charge in [0.15, 0.2) is 0 Å². The summed E-state index contributed by atoms with van der Waals surface area (Å²) in [7, 11) is 0. The first-order valence-electron chi connectivity index (χ1n) is 10.0. The molecule has 1 aliphatic rings. The molecule has 1 heterocycles. The quantitative estimate of drug-likeness (QED) is 0.678. The Kier molecular flexibility index (Phi) is 6.03. The second-order valence-electron chi connectivity index (χ2n) is 7.25. The van der Waals surface area contributed by atoms with Crippen LogP contribution in [0, 0.1) is 0 Å². The van der Waals surface area contributed by atoms with Gasteiger partial charge in [-0.05, 0) is 30.0 Å². The predicted molar refractivity (Wildman–Crippen MR) is 114 cm³/mol. The van der Waals surface area contributed by atoms with Gasteiger partial charge in [-0.1, -0.05) is 78.9 Å². The monoisotopic (exact) mass is 387 g/mol. The summed E-state index contributed by atoms with van der Waals surface area (Å²) in [6, 6.07) is 28.0. The molecule has 29 heavy (non-hydrogen) atoms. The van der Waals surface area contributed by atoms with E-state index in [4.69, 9.17) is 4.74 Å². The van der Waals surface area contributed by atoms with E-state index in [1.807, 2.05) is 89.8 Å². The van der Waals surface area contributed by atoms with Gasteiger partial charge in [-0.15, -0.1) is 0 Å². The number of rotatable bonds is 6. The first-order chi connectivity index (χ1) is 14.3. The van der Waals surface area contributed by atoms with E-state index < -0.39 is 6.10 Å². The average molecular weight is 387 g/mol. The highest BCUT2D eigenvalue weighted by molar-refractivity contribution is 5.98. The zero-order chi connectivity index (χ0) is 20.1. The average Bonchev–Trinajstić information content (AvgIpc) is 2.89. The molecular formula is C25H25NO3. The van der Waals surface area contributed by atoms with Crippen molar-refractivity contribution in [3.05, 3.63) is 102 Å². The van der Waals surface area contributed by atoms with Crippen LogP contribution in [0.2, 0.25) is 0 Å². The van der Waals surface area contributed by atoms with Crippen molar-refractivity contribution >= 4 is 11.6 Å². The van der Waals surface area contributed by atoms with Gasteiger partial charge in [-0.2, -0.15) is 0 Å². The molecule has 0 aliphatic carbocycles. The maximum absolute atomic E-state index is 13.5. The zero-order valence-electron chi connectivity index (χ0n) is 16.3. The van der Waals surface area contributed by atoms with Gasteiger partial charge in [0.1, 0.15) is 12.2 Å². The minimum absolute atomic E-state index is 0.0365. The molecule has 3 aromatic rings. The van der Waals surface area contributed by atoms with E-state index in [1.54, 1.807) is 0 Å². The summed E-state index contributed by atoms with van der Waals surface area (Å²) in [5, 5.41) is 9.33. The van der Waals surface area contributed by atoms with Gasteiger partial charge in [0.25, 0.3) is 5.91 Å². The lowest BCUT2D eigenvalue weighted by Crippen LogP contribution is -2.39. The molecule has 1 N–H and O–H groups in total. The van der Waals surface area contributed by atoms with E-state index in [0.29, 0.717) is 19.4 Å². The highest BCUT2D eigenvalue weighted by atomic mass is 16.5. The normalized spacial score (nSPS) is 18.9. The third-order valence-electron chi connectivity index (χ3n) is 5.26. The summed E-state index contributed by atoms with van der Waals surface area (Å²) in [5.74, 6) is -0.0619. The van der Waals surface area contributed by atoms with Crippen LogP contribution in [0.25, 0.3) is 0 Å². The fraction of sp³-hybridized carbons (Fsp3) is 0.240. The number of ether oxygens (including phenoxy) is 1. The lowest BCUT2D eigenvalue weighted by atomic mass is 9.99. The Morgan fingerprint density at radius 1 is 0.862 bits per heavy atom. The number of anilines is 1. The van der Waals surface area contributed by atoms with Crippen LogP contribution < -0.4 is 4.90 Å². The number of amides is 1. The van der Waals surface area contributed by atoms with Gasteiger partial charge in [0.05, 0.1) is 12.2 Å². The van der Waals surface area contributed by atoms with Crippen LogP contribution in [-0.4, -0.2) is 23.7 Å². The first kappa shape index (κ1) is 19.4. The Morgan fingerprint density at radius 3 is 2.24 bits per heavy atom. The van der Waals surface area contributed by atoms with Gasteiger partial charge in [-0.3, -0.25) is 4.79 Å². The standard InChI is InChI=1S/C25H25NO3/c27-17-9-16-23-25(28)26(18-19-10-3-1-4-11-19)22-15-8-7-14-21(22)24(29-23)20-12-5-2-6-13-20/h1-8,10-15,23-24,27H,9,16-18H2/t23-,24+/m1/s1. The van der Waals surface area contributed by atoms with Crippen LogP contribution in [0.4, 0.5) is 5.69 Å². The number of nitrogens with zero attached hydrogens (tertiary/aromatic N) is 1. The molecule has 4 rings (SSSR count). The second kappa shape index (κ2) is 9.03. The molecule has 1 amide bonds. The lowest BCUT2D eigenvalue weighted by Gasteiger charge is -2.25. The fourth-order valence-corrected chi connectivity index (χ4v) is 3.83. The van der Waals surface area contributed by atoms with Crippen molar-refractivity contribution in [2.75, 3.05) is 11.5 Å². The lowest BCUT2D eigenvalue weighted by molar-refractivity contribution is -0.132. The molecule has 3 aromatic carbocycles. The number of fused-ring (bicyclic) bond motifs is 1. The number of para-hydroxylation sites is 1. The second-order valence-corrected chi connectivity index (χ2v) is 7.25.